The maximum atomic E-state index is 12.0. The molecule has 1 atom stereocenters. The summed E-state index contributed by atoms with van der Waals surface area (Å²) < 4.78 is 1.82. The summed E-state index contributed by atoms with van der Waals surface area (Å²) in [5.41, 5.74) is 0. The van der Waals surface area contributed by atoms with Crippen molar-refractivity contribution in [3.05, 3.63) is 40.3 Å². The smallest absolute Gasteiger partial charge is 0.261 e. The molecular formula is C13H17N3OS. The van der Waals surface area contributed by atoms with Crippen LogP contribution < -0.4 is 5.32 Å². The number of nitrogens with one attached hydrogen (secondary N) is 1. The van der Waals surface area contributed by atoms with E-state index in [1.807, 2.05) is 36.0 Å². The van der Waals surface area contributed by atoms with Gasteiger partial charge in [0.15, 0.2) is 0 Å². The van der Waals surface area contributed by atoms with Crippen LogP contribution in [0.4, 0.5) is 0 Å². The van der Waals surface area contributed by atoms with Crippen LogP contribution in [0.15, 0.2) is 30.6 Å². The highest BCUT2D eigenvalue weighted by atomic mass is 32.1. The number of carbonyl (C=O) groups is 1. The third-order valence-corrected chi connectivity index (χ3v) is 3.86. The van der Waals surface area contributed by atoms with Crippen LogP contribution >= 0.6 is 11.3 Å². The average Bonchev–Trinajstić information content (AvgIpc) is 2.98. The van der Waals surface area contributed by atoms with Gasteiger partial charge >= 0.3 is 0 Å². The van der Waals surface area contributed by atoms with Crippen LogP contribution in [0.3, 0.4) is 0 Å². The van der Waals surface area contributed by atoms with Gasteiger partial charge in [-0.15, -0.1) is 11.3 Å². The molecule has 1 amide bonds. The molecule has 1 N–H and O–H groups in total. The molecule has 0 spiro atoms. The highest BCUT2D eigenvalue weighted by molar-refractivity contribution is 7.14. The molecule has 2 aromatic heterocycles. The van der Waals surface area contributed by atoms with E-state index < -0.39 is 0 Å². The first-order chi connectivity index (χ1) is 8.69. The number of hydrogen-bond acceptors (Lipinski definition) is 3. The minimum absolute atomic E-state index is 0.000596. The molecule has 0 saturated heterocycles. The van der Waals surface area contributed by atoms with Gasteiger partial charge in [-0.3, -0.25) is 9.48 Å². The Hall–Kier alpha value is -1.62. The molecule has 2 heterocycles. The van der Waals surface area contributed by atoms with Gasteiger partial charge in [-0.2, -0.15) is 5.10 Å². The van der Waals surface area contributed by atoms with Gasteiger partial charge in [0.05, 0.1) is 11.4 Å². The van der Waals surface area contributed by atoms with Crippen molar-refractivity contribution in [3.63, 3.8) is 0 Å². The van der Waals surface area contributed by atoms with Crippen LogP contribution in [0.2, 0.25) is 0 Å². The lowest BCUT2D eigenvalue weighted by Crippen LogP contribution is -2.35. The Balaban J connectivity index is 1.90. The molecule has 96 valence electrons. The predicted molar refractivity (Wildman–Crippen MR) is 72.9 cm³/mol. The first-order valence-corrected chi connectivity index (χ1v) is 6.87. The highest BCUT2D eigenvalue weighted by Gasteiger charge is 2.12. The second-order valence-corrected chi connectivity index (χ2v) is 5.39. The molecule has 2 rings (SSSR count). The lowest BCUT2D eigenvalue weighted by atomic mass is 10.3. The van der Waals surface area contributed by atoms with Crippen molar-refractivity contribution in [1.82, 2.24) is 15.1 Å². The molecule has 5 heteroatoms. The second kappa shape index (κ2) is 5.82. The number of aromatic nitrogens is 2. The zero-order valence-corrected chi connectivity index (χ0v) is 11.4. The Morgan fingerprint density at radius 1 is 1.56 bits per heavy atom. The fraction of sp³-hybridized carbons (Fsp3) is 0.385. The summed E-state index contributed by atoms with van der Waals surface area (Å²) in [5.74, 6) is -0.000596. The summed E-state index contributed by atoms with van der Waals surface area (Å²) in [6.45, 7) is 4.76. The van der Waals surface area contributed by atoms with Crippen molar-refractivity contribution in [1.29, 1.82) is 0 Å². The fourth-order valence-electron chi connectivity index (χ4n) is 1.72. The molecule has 0 radical (unpaired) electrons. The third-order valence-electron chi connectivity index (χ3n) is 2.63. The zero-order chi connectivity index (χ0) is 13.0. The molecule has 0 saturated carbocycles. The summed E-state index contributed by atoms with van der Waals surface area (Å²) in [6.07, 6.45) is 4.60. The molecule has 1 unspecified atom stereocenters. The van der Waals surface area contributed by atoms with Crippen molar-refractivity contribution in [3.8, 4) is 0 Å². The monoisotopic (exact) mass is 263 g/mol. The Labute approximate surface area is 111 Å². The highest BCUT2D eigenvalue weighted by Crippen LogP contribution is 2.16. The summed E-state index contributed by atoms with van der Waals surface area (Å²) in [5, 5.41) is 7.10. The van der Waals surface area contributed by atoms with Gasteiger partial charge in [-0.25, -0.2) is 0 Å². The Kier molecular flexibility index (Phi) is 4.15. The van der Waals surface area contributed by atoms with Gasteiger partial charge in [0.25, 0.3) is 5.91 Å². The fourth-order valence-corrected chi connectivity index (χ4v) is 2.57. The number of carbonyl (C=O) groups excluding carboxylic acids is 1. The Bertz CT molecular complexity index is 504. The largest absolute Gasteiger partial charge is 0.347 e. The van der Waals surface area contributed by atoms with Crippen molar-refractivity contribution in [2.45, 2.75) is 32.9 Å². The molecule has 0 aromatic carbocycles. The van der Waals surface area contributed by atoms with E-state index in [1.54, 1.807) is 17.5 Å². The van der Waals surface area contributed by atoms with Crippen LogP contribution in [0, 0.1) is 0 Å². The van der Waals surface area contributed by atoms with Gasteiger partial charge in [-0.1, -0.05) is 6.92 Å². The van der Waals surface area contributed by atoms with E-state index >= 15 is 0 Å². The molecule has 4 nitrogen and oxygen atoms in total. The maximum absolute atomic E-state index is 12.0. The zero-order valence-electron chi connectivity index (χ0n) is 10.6. The number of hydrogen-bond donors (Lipinski definition) is 1. The first kappa shape index (κ1) is 12.8. The van der Waals surface area contributed by atoms with E-state index in [0.717, 1.165) is 11.3 Å². The quantitative estimate of drug-likeness (QED) is 0.900. The topological polar surface area (TPSA) is 46.9 Å². The summed E-state index contributed by atoms with van der Waals surface area (Å²) in [7, 11) is 0. The van der Waals surface area contributed by atoms with Crippen molar-refractivity contribution in [2.24, 2.45) is 0 Å². The number of rotatable bonds is 5. The molecular weight excluding hydrogens is 246 g/mol. The second-order valence-electron chi connectivity index (χ2n) is 4.22. The Morgan fingerprint density at radius 2 is 2.39 bits per heavy atom. The predicted octanol–water partition coefficient (Wildman–Crippen LogP) is 2.33. The van der Waals surface area contributed by atoms with E-state index in [9.17, 15) is 4.79 Å². The van der Waals surface area contributed by atoms with Gasteiger partial charge in [0, 0.05) is 23.3 Å². The van der Waals surface area contributed by atoms with E-state index in [-0.39, 0.29) is 11.9 Å². The maximum Gasteiger partial charge on any atom is 0.261 e. The third kappa shape index (κ3) is 3.20. The van der Waals surface area contributed by atoms with Gasteiger partial charge < -0.3 is 5.32 Å². The summed E-state index contributed by atoms with van der Waals surface area (Å²) in [4.78, 5) is 14.0. The van der Waals surface area contributed by atoms with Crippen LogP contribution in [-0.2, 0) is 13.0 Å². The number of amides is 1. The molecule has 0 aliphatic carbocycles. The van der Waals surface area contributed by atoms with E-state index in [0.29, 0.717) is 6.54 Å². The van der Waals surface area contributed by atoms with Gasteiger partial charge in [-0.05, 0) is 31.5 Å². The molecule has 0 bridgehead atoms. The van der Waals surface area contributed by atoms with Crippen molar-refractivity contribution >= 4 is 17.2 Å². The first-order valence-electron chi connectivity index (χ1n) is 6.06. The normalized spacial score (nSPS) is 12.3. The summed E-state index contributed by atoms with van der Waals surface area (Å²) >= 11 is 1.56. The van der Waals surface area contributed by atoms with Crippen LogP contribution in [0.25, 0.3) is 0 Å². The van der Waals surface area contributed by atoms with E-state index in [1.165, 1.54) is 4.88 Å². The van der Waals surface area contributed by atoms with Gasteiger partial charge in [0.2, 0.25) is 0 Å². The molecule has 2 aromatic rings. The van der Waals surface area contributed by atoms with Crippen molar-refractivity contribution in [2.75, 3.05) is 0 Å². The lowest BCUT2D eigenvalue weighted by Gasteiger charge is -2.13. The van der Waals surface area contributed by atoms with E-state index in [2.05, 4.69) is 17.3 Å². The van der Waals surface area contributed by atoms with Crippen LogP contribution in [0.1, 0.15) is 28.4 Å². The molecule has 0 aliphatic heterocycles. The summed E-state index contributed by atoms with van der Waals surface area (Å²) in [6, 6.07) is 5.84. The van der Waals surface area contributed by atoms with Crippen molar-refractivity contribution < 1.29 is 4.79 Å². The van der Waals surface area contributed by atoms with Crippen LogP contribution in [0.5, 0.6) is 0 Å². The Morgan fingerprint density at radius 3 is 3.00 bits per heavy atom. The van der Waals surface area contributed by atoms with E-state index in [4.69, 9.17) is 0 Å². The SMILES string of the molecule is CCc1ccc(C(=O)NC(C)Cn2cccn2)s1. The average molecular weight is 263 g/mol. The number of thiophene rings is 1. The molecule has 0 aliphatic rings. The number of nitrogens with zero attached hydrogens (tertiary/aromatic N) is 2. The lowest BCUT2D eigenvalue weighted by molar-refractivity contribution is 0.0940. The minimum atomic E-state index is -0.000596. The van der Waals surface area contributed by atoms with Crippen LogP contribution in [-0.4, -0.2) is 21.7 Å². The molecule has 18 heavy (non-hydrogen) atoms. The van der Waals surface area contributed by atoms with Gasteiger partial charge in [0.1, 0.15) is 0 Å². The number of aryl methyl sites for hydroxylation is 1. The minimum Gasteiger partial charge on any atom is -0.347 e. The molecule has 0 fully saturated rings. The standard InChI is InChI=1S/C13H17N3OS/c1-3-11-5-6-12(18-11)13(17)15-10(2)9-16-8-4-7-14-16/h4-8,10H,3,9H2,1-2H3,(H,15,17).